The first-order valence-electron chi connectivity index (χ1n) is 40.2. The topological polar surface area (TPSA) is 412 Å². The fourth-order valence-electron chi connectivity index (χ4n) is 4.10. The molecule has 2 atom stereocenters. The molecule has 20 nitrogen and oxygen atoms in total. The van der Waals surface area contributed by atoms with Crippen molar-refractivity contribution < 1.29 is 257 Å². The molecule has 0 aliphatic rings. The maximum Gasteiger partial charge on any atom is 0.325 e. The average Bonchev–Trinajstić information content (AvgIpc) is 0.905. The van der Waals surface area contributed by atoms with Gasteiger partial charge in [-0.05, 0) is 179 Å². The first-order valence-corrected chi connectivity index (χ1v) is 40.2. The van der Waals surface area contributed by atoms with Gasteiger partial charge in [-0.3, -0.25) is 28.8 Å². The van der Waals surface area contributed by atoms with Crippen molar-refractivity contribution in [2.75, 3.05) is 33.5 Å². The molecule has 0 heterocycles. The van der Waals surface area contributed by atoms with Crippen molar-refractivity contribution in [2.45, 2.75) is 390 Å². The van der Waals surface area contributed by atoms with E-state index in [1.165, 1.54) is 36.5 Å². The van der Waals surface area contributed by atoms with E-state index in [0.717, 1.165) is 20.0 Å². The molecule has 26 heteroatoms. The largest absolute Gasteiger partial charge is 0.511 e. The van der Waals surface area contributed by atoms with Crippen LogP contribution in [0.4, 0.5) is 0 Å². The fraction of sp³-hybridized carbons (Fsp3) is 0.804. The van der Waals surface area contributed by atoms with Crippen LogP contribution >= 0.6 is 0 Å². The van der Waals surface area contributed by atoms with Crippen LogP contribution in [-0.2, 0) is 157 Å². The Kier molecular flexibility index (Phi) is 137. The molecule has 0 spiro atoms. The third-order valence-corrected chi connectivity index (χ3v) is 12.4. The number of aliphatic hydroxyl groups excluding tert-OH is 14. The van der Waals surface area contributed by atoms with E-state index in [0.29, 0.717) is 19.4 Å². The van der Waals surface area contributed by atoms with Gasteiger partial charge < -0.3 is 71.5 Å². The Balaban J connectivity index is -0.0000000431. The van der Waals surface area contributed by atoms with Crippen LogP contribution in [0.2, 0.25) is 0 Å². The molecule has 118 heavy (non-hydrogen) atoms. The van der Waals surface area contributed by atoms with Crippen LogP contribution in [0.5, 0.6) is 0 Å². The Bertz CT molecular complexity index is 2080. The van der Waals surface area contributed by atoms with Crippen molar-refractivity contribution in [3.8, 4) is 0 Å². The Morgan fingerprint density at radius 3 is 0.364 bits per heavy atom. The Labute approximate surface area is 842 Å². The van der Waals surface area contributed by atoms with Crippen LogP contribution < -0.4 is 0 Å². The zero-order valence-electron chi connectivity index (χ0n) is 85.8. The third kappa shape index (κ3) is 142. The van der Waals surface area contributed by atoms with Crippen LogP contribution in [0.25, 0.3) is 0 Å². The first kappa shape index (κ1) is 175. The molecule has 0 fully saturated rings. The van der Waals surface area contributed by atoms with Gasteiger partial charge in [-0.25, -0.2) is 0 Å². The van der Waals surface area contributed by atoms with Crippen molar-refractivity contribution in [3.05, 3.63) is 71.0 Å². The molecule has 0 aliphatic carbocycles. The molecule has 0 aromatic heterocycles. The van der Waals surface area contributed by atoms with Crippen LogP contribution in [0, 0.1) is 65.0 Å². The summed E-state index contributed by atoms with van der Waals surface area (Å²) in [6.07, 6.45) is 10.8. The third-order valence-electron chi connectivity index (χ3n) is 12.4. The van der Waals surface area contributed by atoms with Crippen LogP contribution in [0.1, 0.15) is 372 Å². The number of hydrogen-bond acceptors (Lipinski definition) is 14. The molecular formula is C92H198O20Zr6+6. The molecule has 704 valence electrons. The molecule has 0 saturated carbocycles. The van der Waals surface area contributed by atoms with Gasteiger partial charge in [0.1, 0.15) is 34.6 Å². The SMILES string of the molecule is CC.CC.CC.CC.CC(C)(C)C(=[OH+])C=C(O)C(C)(C)C.CC(C)(C)C(=[OH+])C=C(O)C(C)(C)C.CC(C)(C)C(=[OH+])C=C(O)C(C)(C)C.CC(C)(C)C(=[OH+])C=C(O)C(C)(C)C.CC(C)(C)C(=[OH+])C=C(O)C(C)(C)C.CC(C)(C)C(=[OH+])C=C(O)C(C)(C)C.CC(C)O.CC(O)CC(C)O.CCCCO.CCO.CO.OCCCO.[Zr].[Zr].[Zr].[Zr].[Zr].[Zr]. The Morgan fingerprint density at radius 1 is 0.246 bits per heavy atom. The predicted molar refractivity (Wildman–Crippen MR) is 492 cm³/mol. The van der Waals surface area contributed by atoms with E-state index in [1.54, 1.807) is 34.6 Å². The van der Waals surface area contributed by atoms with Crippen LogP contribution in [0.15, 0.2) is 71.0 Å². The maximum absolute atomic E-state index is 9.60. The summed E-state index contributed by atoms with van der Waals surface area (Å²) < 4.78 is 0. The minimum absolute atomic E-state index is 0. The molecule has 20 N–H and O–H groups in total. The van der Waals surface area contributed by atoms with Gasteiger partial charge in [-0.15, -0.1) is 0 Å². The van der Waals surface area contributed by atoms with Crippen molar-refractivity contribution in [2.24, 2.45) is 65.0 Å². The standard InChI is InChI=1S/6C11H20O2.C5H12O2.C4H10O.C3H8O2.C3H8O.C2H6O.4C2H6.CH4O.6Zr/c6*1-10(2,3)8(12)7-9(13)11(4,5)6;1-4(6)3-5(2)7;1-2-3-4-5;4-2-1-3-5;1-3(2)4;1-2-3;5*1-2;;;;;;/h6*7,12H,1-6H3;4-7H,3H2,1-2H3;5H,2-4H2,1H3;4-5H,1-3H2;3-4H,1-2H3;3H,2H2,1H3;4*1-2H3;2H,1H3;;;;;;/p+6. The van der Waals surface area contributed by atoms with E-state index in [1.807, 2.05) is 305 Å². The average molecular weight is 2170 g/mol. The summed E-state index contributed by atoms with van der Waals surface area (Å²) in [7, 11) is 1.00. The van der Waals surface area contributed by atoms with Gasteiger partial charge in [0.2, 0.25) is 0 Å². The van der Waals surface area contributed by atoms with Gasteiger partial charge in [0.15, 0.2) is 0 Å². The number of carbonyl (C=O) groups excluding carboxylic acids is 6. The van der Waals surface area contributed by atoms with Crippen molar-refractivity contribution >= 4 is 34.7 Å². The smallest absolute Gasteiger partial charge is 0.325 e. The molecule has 2 unspecified atom stereocenters. The second-order valence-corrected chi connectivity index (χ2v) is 37.7. The normalized spacial score (nSPS) is 12.1. The van der Waals surface area contributed by atoms with E-state index < -0.39 is 0 Å². The van der Waals surface area contributed by atoms with Crippen molar-refractivity contribution in [1.29, 1.82) is 0 Å². The minimum Gasteiger partial charge on any atom is -0.511 e. The molecule has 0 aromatic rings. The molecule has 0 aliphatic heterocycles. The number of allylic oxidation sites excluding steroid dienone is 12. The molecule has 0 aromatic carbocycles. The van der Waals surface area contributed by atoms with E-state index in [4.69, 9.17) is 40.9 Å². The summed E-state index contributed by atoms with van der Waals surface area (Å²) in [5, 5.41) is 121. The van der Waals surface area contributed by atoms with Crippen molar-refractivity contribution in [1.82, 2.24) is 0 Å². The monoisotopic (exact) mass is 2160 g/mol. The minimum atomic E-state index is -0.375. The second kappa shape index (κ2) is 92.0. The van der Waals surface area contributed by atoms with Gasteiger partial charge in [-0.2, -0.15) is 0 Å². The predicted octanol–water partition coefficient (Wildman–Crippen LogP) is 22.8. The quantitative estimate of drug-likeness (QED) is 0.0491. The van der Waals surface area contributed by atoms with Crippen molar-refractivity contribution in [3.63, 3.8) is 0 Å². The molecule has 0 bridgehead atoms. The zero-order valence-corrected chi connectivity index (χ0v) is 101. The molecule has 0 saturated heterocycles. The summed E-state index contributed by atoms with van der Waals surface area (Å²) in [4.78, 5) is 57.6. The number of aliphatic hydroxyl groups is 14. The summed E-state index contributed by atoms with van der Waals surface area (Å²) in [5.74, 6) is 2.50. The zero-order chi connectivity index (χ0) is 95.6. The number of rotatable bonds is 12. The number of hydrogen-bond donors (Lipinski definition) is 14. The summed E-state index contributed by atoms with van der Waals surface area (Å²) in [6, 6.07) is 0. The maximum atomic E-state index is 9.60. The van der Waals surface area contributed by atoms with Gasteiger partial charge >= 0.3 is 34.7 Å². The van der Waals surface area contributed by atoms with E-state index >= 15 is 0 Å². The molecule has 0 rings (SSSR count). The Morgan fingerprint density at radius 2 is 0.339 bits per heavy atom. The van der Waals surface area contributed by atoms with Gasteiger partial charge in [0.05, 0.1) is 81.2 Å². The molecule has 0 radical (unpaired) electrons. The Hall–Kier alpha value is 0.239. The van der Waals surface area contributed by atoms with Gasteiger partial charge in [0.25, 0.3) is 0 Å². The van der Waals surface area contributed by atoms with E-state index in [2.05, 4.69) is 6.92 Å². The summed E-state index contributed by atoms with van der Waals surface area (Å²) in [6.45, 7) is 95.6. The fourth-order valence-corrected chi connectivity index (χ4v) is 4.10. The summed E-state index contributed by atoms with van der Waals surface area (Å²) in [5.41, 5.74) is -3.68. The molecule has 0 amide bonds. The van der Waals surface area contributed by atoms with Gasteiger partial charge in [0, 0.05) is 229 Å². The molecular weight excluding hydrogens is 1970 g/mol. The van der Waals surface area contributed by atoms with Gasteiger partial charge in [-0.1, -0.05) is 193 Å². The van der Waals surface area contributed by atoms with E-state index in [-0.39, 0.29) is 330 Å². The second-order valence-electron chi connectivity index (χ2n) is 37.7. The van der Waals surface area contributed by atoms with E-state index in [9.17, 15) is 59.4 Å². The number of ketones is 6. The number of unbranched alkanes of at least 4 members (excludes halogenated alkanes) is 1. The van der Waals surface area contributed by atoms with Crippen LogP contribution in [-0.4, -0.2) is 187 Å². The van der Waals surface area contributed by atoms with Crippen LogP contribution in [0.3, 0.4) is 0 Å². The summed E-state index contributed by atoms with van der Waals surface area (Å²) >= 11 is 0. The first-order chi connectivity index (χ1) is 49.4.